The Morgan fingerprint density at radius 3 is 2.38 bits per heavy atom. The van der Waals surface area contributed by atoms with E-state index in [4.69, 9.17) is 5.26 Å². The average Bonchev–Trinajstić information content (AvgIpc) is 2.38. The fourth-order valence-electron chi connectivity index (χ4n) is 1.29. The van der Waals surface area contributed by atoms with Gasteiger partial charge in [-0.3, -0.25) is 9.97 Å². The Kier molecular flexibility index (Phi) is 3.05. The molecule has 0 aliphatic rings. The van der Waals surface area contributed by atoms with Crippen molar-refractivity contribution < 1.29 is 0 Å². The maximum atomic E-state index is 9.05. The molecule has 0 aromatic carbocycles. The van der Waals surface area contributed by atoms with E-state index < -0.39 is 0 Å². The van der Waals surface area contributed by atoms with Crippen molar-refractivity contribution in [2.75, 3.05) is 0 Å². The highest BCUT2D eigenvalue weighted by molar-refractivity contribution is 5.87. The summed E-state index contributed by atoms with van der Waals surface area (Å²) in [4.78, 5) is 8.26. The molecule has 3 heteroatoms. The Balaban J connectivity index is 2.39. The summed E-state index contributed by atoms with van der Waals surface area (Å²) in [6.45, 7) is 0. The lowest BCUT2D eigenvalue weighted by atomic mass is 10.1. The maximum absolute atomic E-state index is 9.05. The largest absolute Gasteiger partial charge is 0.257 e. The van der Waals surface area contributed by atoms with E-state index in [0.717, 1.165) is 5.69 Å². The van der Waals surface area contributed by atoms with Crippen LogP contribution in [0.2, 0.25) is 0 Å². The van der Waals surface area contributed by atoms with Crippen LogP contribution in [0.1, 0.15) is 11.4 Å². The SMILES string of the molecule is N#C/C(=C\c1ccccn1)c1ccccn1. The smallest absolute Gasteiger partial charge is 0.101 e. The second-order valence-corrected chi connectivity index (χ2v) is 3.14. The van der Waals surface area contributed by atoms with Crippen molar-refractivity contribution >= 4 is 11.6 Å². The van der Waals surface area contributed by atoms with Crippen molar-refractivity contribution in [3.05, 3.63) is 60.2 Å². The van der Waals surface area contributed by atoms with Crippen LogP contribution in [0.5, 0.6) is 0 Å². The van der Waals surface area contributed by atoms with Gasteiger partial charge in [-0.15, -0.1) is 0 Å². The molecule has 16 heavy (non-hydrogen) atoms. The number of allylic oxidation sites excluding steroid dienone is 1. The zero-order valence-electron chi connectivity index (χ0n) is 8.54. The molecule has 76 valence electrons. The van der Waals surface area contributed by atoms with Crippen molar-refractivity contribution in [3.63, 3.8) is 0 Å². The Hall–Kier alpha value is -2.47. The molecular formula is C13H9N3. The van der Waals surface area contributed by atoms with E-state index in [1.807, 2.05) is 30.3 Å². The Bertz CT molecular complexity index is 524. The van der Waals surface area contributed by atoms with E-state index in [2.05, 4.69) is 16.0 Å². The van der Waals surface area contributed by atoms with Gasteiger partial charge in [0, 0.05) is 12.4 Å². The van der Waals surface area contributed by atoms with Crippen LogP contribution < -0.4 is 0 Å². The molecule has 2 aromatic rings. The molecule has 0 radical (unpaired) electrons. The van der Waals surface area contributed by atoms with Gasteiger partial charge in [-0.25, -0.2) is 0 Å². The minimum absolute atomic E-state index is 0.513. The lowest BCUT2D eigenvalue weighted by Crippen LogP contribution is -1.86. The van der Waals surface area contributed by atoms with Gasteiger partial charge in [0.2, 0.25) is 0 Å². The zero-order valence-corrected chi connectivity index (χ0v) is 8.54. The van der Waals surface area contributed by atoms with Gasteiger partial charge in [0.15, 0.2) is 0 Å². The van der Waals surface area contributed by atoms with Crippen LogP contribution in [0.4, 0.5) is 0 Å². The van der Waals surface area contributed by atoms with Crippen LogP contribution in [-0.2, 0) is 0 Å². The van der Waals surface area contributed by atoms with E-state index in [1.54, 1.807) is 24.5 Å². The van der Waals surface area contributed by atoms with Gasteiger partial charge >= 0.3 is 0 Å². The average molecular weight is 207 g/mol. The van der Waals surface area contributed by atoms with E-state index in [1.165, 1.54) is 0 Å². The fraction of sp³-hybridized carbons (Fsp3) is 0. The molecule has 0 aliphatic heterocycles. The third-order valence-corrected chi connectivity index (χ3v) is 2.04. The van der Waals surface area contributed by atoms with Crippen LogP contribution in [0, 0.1) is 11.3 Å². The Labute approximate surface area is 93.7 Å². The van der Waals surface area contributed by atoms with Gasteiger partial charge in [0.05, 0.1) is 17.0 Å². The summed E-state index contributed by atoms with van der Waals surface area (Å²) in [5.41, 5.74) is 1.93. The summed E-state index contributed by atoms with van der Waals surface area (Å²) >= 11 is 0. The number of nitriles is 1. The normalized spacial score (nSPS) is 10.8. The van der Waals surface area contributed by atoms with Crippen molar-refractivity contribution in [1.82, 2.24) is 9.97 Å². The van der Waals surface area contributed by atoms with Gasteiger partial charge in [-0.2, -0.15) is 5.26 Å². The lowest BCUT2D eigenvalue weighted by Gasteiger charge is -1.97. The van der Waals surface area contributed by atoms with E-state index in [0.29, 0.717) is 11.3 Å². The van der Waals surface area contributed by atoms with Gasteiger partial charge in [-0.1, -0.05) is 12.1 Å². The molecule has 2 aromatic heterocycles. The Morgan fingerprint density at radius 2 is 1.81 bits per heavy atom. The highest BCUT2D eigenvalue weighted by atomic mass is 14.7. The van der Waals surface area contributed by atoms with Crippen LogP contribution in [0.3, 0.4) is 0 Å². The summed E-state index contributed by atoms with van der Waals surface area (Å²) in [5.74, 6) is 0. The topological polar surface area (TPSA) is 49.6 Å². The number of aromatic nitrogens is 2. The molecule has 0 spiro atoms. The van der Waals surface area contributed by atoms with Crippen LogP contribution in [-0.4, -0.2) is 9.97 Å². The molecule has 0 N–H and O–H groups in total. The molecule has 2 rings (SSSR count). The van der Waals surface area contributed by atoms with Crippen molar-refractivity contribution in [3.8, 4) is 6.07 Å². The molecule has 0 fully saturated rings. The van der Waals surface area contributed by atoms with E-state index in [-0.39, 0.29) is 0 Å². The minimum Gasteiger partial charge on any atom is -0.257 e. The summed E-state index contributed by atoms with van der Waals surface area (Å²) in [5, 5.41) is 9.05. The van der Waals surface area contributed by atoms with E-state index in [9.17, 15) is 0 Å². The van der Waals surface area contributed by atoms with Crippen LogP contribution >= 0.6 is 0 Å². The standard InChI is InChI=1S/C13H9N3/c14-10-11(13-6-2-4-8-16-13)9-12-5-1-3-7-15-12/h1-9H/b11-9+. The second-order valence-electron chi connectivity index (χ2n) is 3.14. The molecule has 0 unspecified atom stereocenters. The third-order valence-electron chi connectivity index (χ3n) is 2.04. The number of nitrogens with zero attached hydrogens (tertiary/aromatic N) is 3. The van der Waals surface area contributed by atoms with E-state index >= 15 is 0 Å². The molecule has 0 aliphatic carbocycles. The van der Waals surface area contributed by atoms with Crippen LogP contribution in [0.15, 0.2) is 48.8 Å². The third kappa shape index (κ3) is 2.31. The maximum Gasteiger partial charge on any atom is 0.101 e. The summed E-state index contributed by atoms with van der Waals surface area (Å²) in [6, 6.07) is 13.2. The van der Waals surface area contributed by atoms with Gasteiger partial charge in [-0.05, 0) is 30.3 Å². The molecule has 0 bridgehead atoms. The number of pyridine rings is 2. The molecule has 0 atom stereocenters. The summed E-state index contributed by atoms with van der Waals surface area (Å²) in [7, 11) is 0. The molecule has 0 saturated heterocycles. The predicted molar refractivity (Wildman–Crippen MR) is 62.0 cm³/mol. The first-order chi connectivity index (χ1) is 7.90. The zero-order chi connectivity index (χ0) is 11.2. The highest BCUT2D eigenvalue weighted by Crippen LogP contribution is 2.13. The first-order valence-corrected chi connectivity index (χ1v) is 4.84. The van der Waals surface area contributed by atoms with Crippen molar-refractivity contribution in [2.24, 2.45) is 0 Å². The Morgan fingerprint density at radius 1 is 1.06 bits per heavy atom. The number of hydrogen-bond donors (Lipinski definition) is 0. The monoisotopic (exact) mass is 207 g/mol. The lowest BCUT2D eigenvalue weighted by molar-refractivity contribution is 1.27. The fourth-order valence-corrected chi connectivity index (χ4v) is 1.29. The van der Waals surface area contributed by atoms with Gasteiger partial charge in [0.25, 0.3) is 0 Å². The molecule has 3 nitrogen and oxygen atoms in total. The summed E-state index contributed by atoms with van der Waals surface area (Å²) in [6.07, 6.45) is 5.08. The summed E-state index contributed by atoms with van der Waals surface area (Å²) < 4.78 is 0. The molecule has 0 amide bonds. The molecule has 0 saturated carbocycles. The highest BCUT2D eigenvalue weighted by Gasteiger charge is 2.01. The molecular weight excluding hydrogens is 198 g/mol. The quantitative estimate of drug-likeness (QED) is 0.711. The van der Waals surface area contributed by atoms with Crippen LogP contribution in [0.25, 0.3) is 11.6 Å². The van der Waals surface area contributed by atoms with Crippen molar-refractivity contribution in [2.45, 2.75) is 0 Å². The number of rotatable bonds is 2. The van der Waals surface area contributed by atoms with Gasteiger partial charge in [0.1, 0.15) is 6.07 Å². The minimum atomic E-state index is 0.513. The number of hydrogen-bond acceptors (Lipinski definition) is 3. The first-order valence-electron chi connectivity index (χ1n) is 4.84. The second kappa shape index (κ2) is 4.85. The van der Waals surface area contributed by atoms with Gasteiger partial charge < -0.3 is 0 Å². The predicted octanol–water partition coefficient (Wildman–Crippen LogP) is 2.54. The molecule has 2 heterocycles. The first kappa shape index (κ1) is 10.1. The van der Waals surface area contributed by atoms with Crippen molar-refractivity contribution in [1.29, 1.82) is 5.26 Å².